The second kappa shape index (κ2) is 21.3. The molecule has 0 spiro atoms. The summed E-state index contributed by atoms with van der Waals surface area (Å²) in [5, 5.41) is 0.647. The van der Waals surface area contributed by atoms with Crippen LogP contribution in [-0.4, -0.2) is 30.0 Å². The third-order valence-electron chi connectivity index (χ3n) is 7.85. The van der Waals surface area contributed by atoms with Crippen LogP contribution in [-0.2, 0) is 28.6 Å². The minimum atomic E-state index is -4.03. The molecule has 42 heavy (non-hydrogen) atoms. The van der Waals surface area contributed by atoms with E-state index in [0.29, 0.717) is 23.6 Å². The van der Waals surface area contributed by atoms with Crippen LogP contribution in [0.1, 0.15) is 142 Å². The molecule has 0 aliphatic rings. The smallest absolute Gasteiger partial charge is 0.266 e. The first-order valence-corrected chi connectivity index (χ1v) is 19.5. The van der Waals surface area contributed by atoms with Crippen LogP contribution in [0.5, 0.6) is 0 Å². The predicted octanol–water partition coefficient (Wildman–Crippen LogP) is 10.1. The summed E-state index contributed by atoms with van der Waals surface area (Å²) >= 11 is 0. The maximum Gasteiger partial charge on any atom is 0.297 e. The minimum absolute atomic E-state index is 0.0150. The molecule has 2 aromatic carbocycles. The summed E-state index contributed by atoms with van der Waals surface area (Å²) in [4.78, 5) is -0.0300. The highest BCUT2D eigenvalue weighted by Crippen LogP contribution is 2.30. The first-order valence-electron chi connectivity index (χ1n) is 16.6. The lowest BCUT2D eigenvalue weighted by molar-refractivity contribution is 0.305. The first kappa shape index (κ1) is 36.7. The molecule has 0 fully saturated rings. The molecule has 2 aromatic rings. The molecule has 0 N–H and O–H groups in total. The van der Waals surface area contributed by atoms with Crippen molar-refractivity contribution in [1.29, 1.82) is 0 Å². The zero-order valence-electron chi connectivity index (χ0n) is 26.3. The molecule has 0 atom stereocenters. The molecule has 0 saturated carbocycles. The Morgan fingerprint density at radius 1 is 0.429 bits per heavy atom. The quantitative estimate of drug-likeness (QED) is 0.0764. The van der Waals surface area contributed by atoms with E-state index in [2.05, 4.69) is 13.8 Å². The zero-order valence-corrected chi connectivity index (χ0v) is 27.9. The molecule has 6 nitrogen and oxygen atoms in total. The van der Waals surface area contributed by atoms with Gasteiger partial charge in [-0.05, 0) is 25.0 Å². The topological polar surface area (TPSA) is 86.7 Å². The Balaban J connectivity index is 1.82. The summed E-state index contributed by atoms with van der Waals surface area (Å²) in [5.74, 6) is 0. The van der Waals surface area contributed by atoms with Gasteiger partial charge >= 0.3 is 0 Å². The number of unbranched alkanes of at least 4 members (excludes halogenated alkanes) is 18. The van der Waals surface area contributed by atoms with E-state index in [1.807, 2.05) is 0 Å². The molecule has 0 aromatic heterocycles. The molecule has 0 radical (unpaired) electrons. The van der Waals surface area contributed by atoms with E-state index in [1.165, 1.54) is 102 Å². The second-order valence-electron chi connectivity index (χ2n) is 11.5. The van der Waals surface area contributed by atoms with Crippen molar-refractivity contribution >= 4 is 31.0 Å². The van der Waals surface area contributed by atoms with Gasteiger partial charge in [0, 0.05) is 10.8 Å². The maximum absolute atomic E-state index is 13.0. The fourth-order valence-electron chi connectivity index (χ4n) is 5.33. The van der Waals surface area contributed by atoms with Crippen molar-refractivity contribution < 1.29 is 25.2 Å². The molecule has 0 amide bonds. The van der Waals surface area contributed by atoms with E-state index in [9.17, 15) is 16.8 Å². The molecule has 0 heterocycles. The molecular formula is C34H56O6S2. The van der Waals surface area contributed by atoms with Crippen LogP contribution in [0, 0.1) is 0 Å². The van der Waals surface area contributed by atoms with Gasteiger partial charge in [0.2, 0.25) is 0 Å². The van der Waals surface area contributed by atoms with E-state index in [4.69, 9.17) is 8.37 Å². The van der Waals surface area contributed by atoms with Gasteiger partial charge in [0.15, 0.2) is 0 Å². The summed E-state index contributed by atoms with van der Waals surface area (Å²) in [6.45, 7) is 4.69. The van der Waals surface area contributed by atoms with Crippen LogP contribution in [0.3, 0.4) is 0 Å². The molecule has 0 unspecified atom stereocenters. The molecule has 0 aliphatic carbocycles. The number of hydrogen-bond donors (Lipinski definition) is 0. The molecular weight excluding hydrogens is 569 g/mol. The lowest BCUT2D eigenvalue weighted by Gasteiger charge is -2.12. The monoisotopic (exact) mass is 624 g/mol. The van der Waals surface area contributed by atoms with E-state index in [-0.39, 0.29) is 23.0 Å². The van der Waals surface area contributed by atoms with Crippen LogP contribution in [0.15, 0.2) is 46.2 Å². The highest BCUT2D eigenvalue weighted by Gasteiger charge is 2.23. The summed E-state index contributed by atoms with van der Waals surface area (Å²) in [6, 6.07) is 9.29. The Labute approximate surface area is 257 Å². The lowest BCUT2D eigenvalue weighted by atomic mass is 10.1. The average Bonchev–Trinajstić information content (AvgIpc) is 2.98. The lowest BCUT2D eigenvalue weighted by Crippen LogP contribution is -2.10. The molecule has 0 saturated heterocycles. The van der Waals surface area contributed by atoms with Gasteiger partial charge in [0.25, 0.3) is 20.2 Å². The van der Waals surface area contributed by atoms with Gasteiger partial charge in [-0.25, -0.2) is 0 Å². The van der Waals surface area contributed by atoms with Gasteiger partial charge in [-0.3, -0.25) is 8.37 Å². The van der Waals surface area contributed by atoms with Crippen molar-refractivity contribution in [2.45, 2.75) is 152 Å². The number of hydrogen-bond acceptors (Lipinski definition) is 6. The number of rotatable bonds is 26. The highest BCUT2D eigenvalue weighted by atomic mass is 32.2. The van der Waals surface area contributed by atoms with E-state index < -0.39 is 20.2 Å². The Bertz CT molecular complexity index is 1110. The highest BCUT2D eigenvalue weighted by molar-refractivity contribution is 7.87. The molecule has 2 rings (SSSR count). The number of fused-ring (bicyclic) bond motifs is 1. The summed E-state index contributed by atoms with van der Waals surface area (Å²) in [5.41, 5.74) is 0. The third kappa shape index (κ3) is 13.9. The van der Waals surface area contributed by atoms with Gasteiger partial charge in [-0.2, -0.15) is 16.8 Å². The first-order chi connectivity index (χ1) is 20.3. The van der Waals surface area contributed by atoms with Crippen LogP contribution in [0.2, 0.25) is 0 Å². The van der Waals surface area contributed by atoms with Crippen molar-refractivity contribution in [1.82, 2.24) is 0 Å². The van der Waals surface area contributed by atoms with Crippen LogP contribution < -0.4 is 0 Å². The Morgan fingerprint density at radius 2 is 0.714 bits per heavy atom. The number of benzene rings is 2. The Morgan fingerprint density at radius 3 is 1.02 bits per heavy atom. The summed E-state index contributed by atoms with van der Waals surface area (Å²) in [7, 11) is -8.07. The van der Waals surface area contributed by atoms with Crippen molar-refractivity contribution in [3.8, 4) is 0 Å². The molecule has 0 bridgehead atoms. The second-order valence-corrected chi connectivity index (χ2v) is 14.7. The van der Waals surface area contributed by atoms with Crippen molar-refractivity contribution in [2.75, 3.05) is 13.2 Å². The summed E-state index contributed by atoms with van der Waals surface area (Å²) in [6.07, 6.45) is 23.1. The normalized spacial score (nSPS) is 12.3. The Hall–Kier alpha value is -1.48. The molecule has 0 aliphatic heterocycles. The van der Waals surface area contributed by atoms with Crippen molar-refractivity contribution in [3.63, 3.8) is 0 Å². The van der Waals surface area contributed by atoms with Crippen molar-refractivity contribution in [2.24, 2.45) is 0 Å². The largest absolute Gasteiger partial charge is 0.297 e. The van der Waals surface area contributed by atoms with Gasteiger partial charge in [-0.1, -0.05) is 154 Å². The molecule has 240 valence electrons. The minimum Gasteiger partial charge on any atom is -0.266 e. The average molecular weight is 625 g/mol. The van der Waals surface area contributed by atoms with E-state index in [0.717, 1.165) is 25.7 Å². The van der Waals surface area contributed by atoms with Gasteiger partial charge in [-0.15, -0.1) is 0 Å². The van der Waals surface area contributed by atoms with Crippen LogP contribution in [0.25, 0.3) is 10.8 Å². The SMILES string of the molecule is CCCCCCCCCCCCOS(=O)(=O)c1cccc2c(S(=O)(=O)OCCCCCCCCCCCC)cccc12. The fourth-order valence-corrected chi connectivity index (χ4v) is 7.65. The molecule has 8 heteroatoms. The van der Waals surface area contributed by atoms with Crippen LogP contribution in [0.4, 0.5) is 0 Å². The summed E-state index contributed by atoms with van der Waals surface area (Å²) < 4.78 is 62.9. The maximum atomic E-state index is 13.0. The van der Waals surface area contributed by atoms with Gasteiger partial charge in [0.1, 0.15) is 9.79 Å². The van der Waals surface area contributed by atoms with Crippen LogP contribution >= 0.6 is 0 Å². The van der Waals surface area contributed by atoms with E-state index >= 15 is 0 Å². The third-order valence-corrected chi connectivity index (χ3v) is 10.6. The van der Waals surface area contributed by atoms with Crippen molar-refractivity contribution in [3.05, 3.63) is 36.4 Å². The predicted molar refractivity (Wildman–Crippen MR) is 174 cm³/mol. The standard InChI is InChI=1S/C34H56O6S2/c1-3-5-7-9-11-13-15-17-19-21-29-39-41(35,36)33-27-23-26-32-31(33)25-24-28-34(32)42(37,38)40-30-22-20-18-16-14-12-10-8-6-4-2/h23-28H,3-22,29-30H2,1-2H3. The van der Waals surface area contributed by atoms with E-state index in [1.54, 1.807) is 24.3 Å². The zero-order chi connectivity index (χ0) is 30.5. The Kier molecular flexibility index (Phi) is 18.6. The van der Waals surface area contributed by atoms with Gasteiger partial charge in [0.05, 0.1) is 13.2 Å². The van der Waals surface area contributed by atoms with Gasteiger partial charge < -0.3 is 0 Å². The fraction of sp³-hybridized carbons (Fsp3) is 0.706.